The Labute approximate surface area is 143 Å². The van der Waals surface area contributed by atoms with Crippen LogP contribution in [0.5, 0.6) is 5.75 Å². The van der Waals surface area contributed by atoms with Crippen molar-refractivity contribution in [1.29, 1.82) is 0 Å². The van der Waals surface area contributed by atoms with E-state index < -0.39 is 0 Å². The minimum absolute atomic E-state index is 0.402. The van der Waals surface area contributed by atoms with E-state index in [-0.39, 0.29) is 0 Å². The maximum absolute atomic E-state index is 9.99. The van der Waals surface area contributed by atoms with E-state index >= 15 is 0 Å². The van der Waals surface area contributed by atoms with Crippen LogP contribution in [0.4, 0.5) is 0 Å². The van der Waals surface area contributed by atoms with Crippen molar-refractivity contribution in [1.82, 2.24) is 15.2 Å². The summed E-state index contributed by atoms with van der Waals surface area (Å²) in [5.74, 6) is 0.460. The monoisotopic (exact) mass is 323 g/mol. The Kier molecular flexibility index (Phi) is 4.50. The second-order valence-electron chi connectivity index (χ2n) is 6.97. The third kappa shape index (κ3) is 3.30. The summed E-state index contributed by atoms with van der Waals surface area (Å²) in [7, 11) is 0. The van der Waals surface area contributed by atoms with E-state index in [0.717, 1.165) is 43.7 Å². The lowest BCUT2D eigenvalue weighted by Gasteiger charge is -2.34. The smallest absolute Gasteiger partial charge is 0.119 e. The number of pyridine rings is 1. The molecule has 0 spiro atoms. The van der Waals surface area contributed by atoms with Crippen molar-refractivity contribution in [3.8, 4) is 5.75 Å². The molecule has 4 nitrogen and oxygen atoms in total. The number of nitrogens with one attached hydrogen (secondary N) is 1. The molecule has 4 heteroatoms. The van der Waals surface area contributed by atoms with Crippen molar-refractivity contribution >= 4 is 0 Å². The first-order chi connectivity index (χ1) is 11.8. The van der Waals surface area contributed by atoms with Gasteiger partial charge in [0.2, 0.25) is 0 Å². The average Bonchev–Trinajstić information content (AvgIpc) is 3.02. The van der Waals surface area contributed by atoms with Crippen LogP contribution in [-0.4, -0.2) is 34.1 Å². The largest absolute Gasteiger partial charge is 0.508 e. The van der Waals surface area contributed by atoms with Gasteiger partial charge in [0, 0.05) is 37.9 Å². The van der Waals surface area contributed by atoms with Crippen LogP contribution in [0.1, 0.15) is 42.1 Å². The molecule has 1 fully saturated rings. The number of nitrogens with zero attached hydrogens (tertiary/aromatic N) is 2. The summed E-state index contributed by atoms with van der Waals surface area (Å²) in [6.07, 6.45) is 6.31. The summed E-state index contributed by atoms with van der Waals surface area (Å²) >= 11 is 0. The molecule has 2 aromatic rings. The number of aromatic hydroxyl groups is 1. The molecule has 1 aromatic heterocycles. The molecule has 126 valence electrons. The quantitative estimate of drug-likeness (QED) is 0.908. The van der Waals surface area contributed by atoms with Gasteiger partial charge in [-0.2, -0.15) is 0 Å². The van der Waals surface area contributed by atoms with Crippen LogP contribution in [0.3, 0.4) is 0 Å². The van der Waals surface area contributed by atoms with Crippen LogP contribution in [0, 0.1) is 0 Å². The first-order valence-electron chi connectivity index (χ1n) is 8.98. The average molecular weight is 323 g/mol. The molecule has 0 saturated carbocycles. The zero-order chi connectivity index (χ0) is 16.4. The number of likely N-dealkylation sites (tertiary alicyclic amines) is 1. The summed E-state index contributed by atoms with van der Waals surface area (Å²) in [4.78, 5) is 6.92. The highest BCUT2D eigenvalue weighted by Gasteiger charge is 2.28. The lowest BCUT2D eigenvalue weighted by atomic mass is 10.0. The highest BCUT2D eigenvalue weighted by atomic mass is 16.3. The third-order valence-electron chi connectivity index (χ3n) is 5.38. The van der Waals surface area contributed by atoms with Crippen molar-refractivity contribution in [2.45, 2.75) is 44.3 Å². The molecule has 1 aromatic carbocycles. The molecule has 2 aliphatic rings. The first-order valence-corrected chi connectivity index (χ1v) is 8.98. The SMILES string of the molecule is Oc1cccc2c1CC[C@H]2NC1CCN(Cc2ccccn2)CC1. The van der Waals surface area contributed by atoms with Crippen LogP contribution < -0.4 is 5.32 Å². The van der Waals surface area contributed by atoms with Gasteiger partial charge < -0.3 is 10.4 Å². The fourth-order valence-electron chi connectivity index (χ4n) is 4.07. The van der Waals surface area contributed by atoms with Gasteiger partial charge >= 0.3 is 0 Å². The Bertz CT molecular complexity index is 681. The number of aromatic nitrogens is 1. The predicted octanol–water partition coefficient (Wildman–Crippen LogP) is 3.03. The highest BCUT2D eigenvalue weighted by molar-refractivity contribution is 5.44. The molecule has 2 heterocycles. The van der Waals surface area contributed by atoms with E-state index in [2.05, 4.69) is 33.4 Å². The number of hydrogen-bond acceptors (Lipinski definition) is 4. The van der Waals surface area contributed by atoms with Crippen LogP contribution in [0.15, 0.2) is 42.6 Å². The summed E-state index contributed by atoms with van der Waals surface area (Å²) in [6, 6.07) is 13.0. The number of hydrogen-bond donors (Lipinski definition) is 2. The number of rotatable bonds is 4. The van der Waals surface area contributed by atoms with Gasteiger partial charge in [0.15, 0.2) is 0 Å². The predicted molar refractivity (Wildman–Crippen MR) is 94.8 cm³/mol. The highest BCUT2D eigenvalue weighted by Crippen LogP contribution is 2.36. The van der Waals surface area contributed by atoms with Gasteiger partial charge in [-0.15, -0.1) is 0 Å². The van der Waals surface area contributed by atoms with Crippen molar-refractivity contribution < 1.29 is 5.11 Å². The van der Waals surface area contributed by atoms with E-state index in [1.165, 1.54) is 18.4 Å². The minimum Gasteiger partial charge on any atom is -0.508 e. The summed E-state index contributed by atoms with van der Waals surface area (Å²) < 4.78 is 0. The maximum Gasteiger partial charge on any atom is 0.119 e. The molecule has 24 heavy (non-hydrogen) atoms. The van der Waals surface area contributed by atoms with Gasteiger partial charge in [-0.1, -0.05) is 18.2 Å². The third-order valence-corrected chi connectivity index (χ3v) is 5.38. The van der Waals surface area contributed by atoms with Crippen LogP contribution in [0.25, 0.3) is 0 Å². The molecule has 1 aliphatic heterocycles. The van der Waals surface area contributed by atoms with Gasteiger partial charge in [-0.25, -0.2) is 0 Å². The molecular weight excluding hydrogens is 298 g/mol. The fourth-order valence-corrected chi connectivity index (χ4v) is 4.07. The second-order valence-corrected chi connectivity index (χ2v) is 6.97. The molecule has 4 rings (SSSR count). The Morgan fingerprint density at radius 3 is 2.75 bits per heavy atom. The summed E-state index contributed by atoms with van der Waals surface area (Å²) in [5.41, 5.74) is 3.60. The molecule has 0 bridgehead atoms. The Morgan fingerprint density at radius 2 is 1.96 bits per heavy atom. The zero-order valence-electron chi connectivity index (χ0n) is 14.0. The molecule has 1 atom stereocenters. The van der Waals surface area contributed by atoms with Crippen molar-refractivity contribution in [2.75, 3.05) is 13.1 Å². The van der Waals surface area contributed by atoms with Crippen molar-refractivity contribution in [2.24, 2.45) is 0 Å². The standard InChI is InChI=1S/C20H25N3O/c24-20-6-3-5-17-18(20)7-8-19(17)22-15-9-12-23(13-10-15)14-16-4-1-2-11-21-16/h1-6,11,15,19,22,24H,7-10,12-14H2/t19-/m1/s1. The minimum atomic E-state index is 0.402. The number of benzene rings is 1. The molecule has 0 radical (unpaired) electrons. The molecule has 1 saturated heterocycles. The van der Waals surface area contributed by atoms with E-state index in [4.69, 9.17) is 0 Å². The Hall–Kier alpha value is -1.91. The normalized spacial score (nSPS) is 21.8. The molecule has 2 N–H and O–H groups in total. The maximum atomic E-state index is 9.99. The number of piperidine rings is 1. The van der Waals surface area contributed by atoms with Crippen molar-refractivity contribution in [3.63, 3.8) is 0 Å². The Morgan fingerprint density at radius 1 is 1.08 bits per heavy atom. The molecule has 0 unspecified atom stereocenters. The van der Waals surface area contributed by atoms with E-state index in [0.29, 0.717) is 17.8 Å². The number of phenolic OH excluding ortho intramolecular Hbond substituents is 1. The lowest BCUT2D eigenvalue weighted by molar-refractivity contribution is 0.182. The molecule has 1 aliphatic carbocycles. The summed E-state index contributed by atoms with van der Waals surface area (Å²) in [5, 5.41) is 13.8. The van der Waals surface area contributed by atoms with Crippen LogP contribution >= 0.6 is 0 Å². The van der Waals surface area contributed by atoms with Crippen LogP contribution in [-0.2, 0) is 13.0 Å². The summed E-state index contributed by atoms with van der Waals surface area (Å²) in [6.45, 7) is 3.19. The van der Waals surface area contributed by atoms with E-state index in [1.807, 2.05) is 18.3 Å². The second kappa shape index (κ2) is 6.91. The molecule has 0 amide bonds. The van der Waals surface area contributed by atoms with Crippen molar-refractivity contribution in [3.05, 3.63) is 59.4 Å². The van der Waals surface area contributed by atoms with Gasteiger partial charge in [-0.05, 0) is 55.0 Å². The van der Waals surface area contributed by atoms with E-state index in [1.54, 1.807) is 6.07 Å². The number of fused-ring (bicyclic) bond motifs is 1. The Balaban J connectivity index is 1.31. The van der Waals surface area contributed by atoms with E-state index in [9.17, 15) is 5.11 Å². The van der Waals surface area contributed by atoms with Gasteiger partial charge in [-0.3, -0.25) is 9.88 Å². The van der Waals surface area contributed by atoms with Gasteiger partial charge in [0.25, 0.3) is 0 Å². The van der Waals surface area contributed by atoms with Gasteiger partial charge in [0.05, 0.1) is 5.69 Å². The zero-order valence-corrected chi connectivity index (χ0v) is 14.0. The first kappa shape index (κ1) is 15.6. The lowest BCUT2D eigenvalue weighted by Crippen LogP contribution is -2.43. The fraction of sp³-hybridized carbons (Fsp3) is 0.450. The van der Waals surface area contributed by atoms with Gasteiger partial charge in [0.1, 0.15) is 5.75 Å². The number of phenols is 1. The molecular formula is C20H25N3O. The topological polar surface area (TPSA) is 48.4 Å². The van der Waals surface area contributed by atoms with Crippen LogP contribution in [0.2, 0.25) is 0 Å².